The highest BCUT2D eigenvalue weighted by Gasteiger charge is 2.26. The Balaban J connectivity index is 1.91. The summed E-state index contributed by atoms with van der Waals surface area (Å²) in [6, 6.07) is 0.103. The van der Waals surface area contributed by atoms with Gasteiger partial charge in [-0.1, -0.05) is 12.2 Å². The minimum Gasteiger partial charge on any atom is -0.337 e. The van der Waals surface area contributed by atoms with Crippen LogP contribution in [0.5, 0.6) is 0 Å². The van der Waals surface area contributed by atoms with Crippen molar-refractivity contribution in [1.82, 2.24) is 10.2 Å². The van der Waals surface area contributed by atoms with E-state index in [1.54, 1.807) is 0 Å². The van der Waals surface area contributed by atoms with Crippen molar-refractivity contribution in [3.8, 4) is 0 Å². The van der Waals surface area contributed by atoms with E-state index >= 15 is 0 Å². The molecule has 13 heavy (non-hydrogen) atoms. The molecular weight excluding hydrogens is 164 g/mol. The Morgan fingerprint density at radius 3 is 3.00 bits per heavy atom. The molecule has 2 rings (SSSR count). The number of amides is 1. The molecule has 0 aromatic heterocycles. The number of rotatable bonds is 1. The van der Waals surface area contributed by atoms with E-state index in [4.69, 9.17) is 0 Å². The quantitative estimate of drug-likeness (QED) is 0.597. The van der Waals surface area contributed by atoms with Crippen molar-refractivity contribution in [1.29, 1.82) is 0 Å². The van der Waals surface area contributed by atoms with Crippen molar-refractivity contribution >= 4 is 5.91 Å². The lowest BCUT2D eigenvalue weighted by Crippen LogP contribution is -2.44. The van der Waals surface area contributed by atoms with Crippen LogP contribution in [0.3, 0.4) is 0 Å². The zero-order valence-corrected chi connectivity index (χ0v) is 7.83. The van der Waals surface area contributed by atoms with Crippen molar-refractivity contribution in [2.75, 3.05) is 19.6 Å². The molecule has 0 spiro atoms. The Morgan fingerprint density at radius 1 is 1.46 bits per heavy atom. The minimum absolute atomic E-state index is 0.103. The lowest BCUT2D eigenvalue weighted by Gasteiger charge is -2.26. The van der Waals surface area contributed by atoms with Gasteiger partial charge in [-0.25, -0.2) is 0 Å². The largest absolute Gasteiger partial charge is 0.337 e. The van der Waals surface area contributed by atoms with Crippen LogP contribution in [0, 0.1) is 0 Å². The first kappa shape index (κ1) is 8.75. The lowest BCUT2D eigenvalue weighted by atomic mass is 10.1. The van der Waals surface area contributed by atoms with Gasteiger partial charge in [0.15, 0.2) is 0 Å². The van der Waals surface area contributed by atoms with Gasteiger partial charge in [0.1, 0.15) is 0 Å². The number of carbonyl (C=O) groups excluding carboxylic acids is 1. The highest BCUT2D eigenvalue weighted by Crippen LogP contribution is 2.10. The third-order valence-corrected chi connectivity index (χ3v) is 2.73. The number of hydrogen-bond donors (Lipinski definition) is 1. The molecule has 72 valence electrons. The van der Waals surface area contributed by atoms with E-state index in [9.17, 15) is 4.79 Å². The number of carbonyl (C=O) groups is 1. The molecule has 0 bridgehead atoms. The Hall–Kier alpha value is -0.830. The molecule has 0 aliphatic carbocycles. The first-order valence-electron chi connectivity index (χ1n) is 5.05. The summed E-state index contributed by atoms with van der Waals surface area (Å²) in [5.74, 6) is 0.293. The van der Waals surface area contributed by atoms with E-state index in [-0.39, 0.29) is 6.04 Å². The van der Waals surface area contributed by atoms with E-state index in [2.05, 4.69) is 17.5 Å². The smallest absolute Gasteiger partial charge is 0.239 e. The second-order valence-corrected chi connectivity index (χ2v) is 3.69. The molecule has 1 fully saturated rings. The molecule has 1 amide bonds. The fourth-order valence-electron chi connectivity index (χ4n) is 1.96. The monoisotopic (exact) mass is 180 g/mol. The topological polar surface area (TPSA) is 32.3 Å². The molecule has 3 heteroatoms. The van der Waals surface area contributed by atoms with Crippen LogP contribution in [0.25, 0.3) is 0 Å². The van der Waals surface area contributed by atoms with E-state index in [0.717, 1.165) is 38.9 Å². The Kier molecular flexibility index (Phi) is 2.64. The standard InChI is InChI=1S/C10H16N2O/c13-10(9-5-4-6-11-9)12-7-2-1-3-8-12/h1-2,9,11H,3-8H2. The second kappa shape index (κ2) is 3.92. The van der Waals surface area contributed by atoms with Crippen molar-refractivity contribution < 1.29 is 4.79 Å². The summed E-state index contributed by atoms with van der Waals surface area (Å²) < 4.78 is 0. The van der Waals surface area contributed by atoms with Crippen LogP contribution in [0.15, 0.2) is 12.2 Å². The lowest BCUT2D eigenvalue weighted by molar-refractivity contribution is -0.132. The number of nitrogens with zero attached hydrogens (tertiary/aromatic N) is 1. The number of hydrogen-bond acceptors (Lipinski definition) is 2. The summed E-state index contributed by atoms with van der Waals surface area (Å²) in [5.41, 5.74) is 0. The van der Waals surface area contributed by atoms with E-state index < -0.39 is 0 Å². The zero-order chi connectivity index (χ0) is 9.10. The van der Waals surface area contributed by atoms with Gasteiger partial charge in [-0.3, -0.25) is 4.79 Å². The van der Waals surface area contributed by atoms with E-state index in [0.29, 0.717) is 5.91 Å². The maximum Gasteiger partial charge on any atom is 0.239 e. The fourth-order valence-corrected chi connectivity index (χ4v) is 1.96. The first-order chi connectivity index (χ1) is 6.38. The average Bonchev–Trinajstić information content (AvgIpc) is 2.71. The van der Waals surface area contributed by atoms with Gasteiger partial charge in [0.05, 0.1) is 6.04 Å². The Morgan fingerprint density at radius 2 is 2.38 bits per heavy atom. The molecule has 1 N–H and O–H groups in total. The predicted octanol–water partition coefficient (Wildman–Crippen LogP) is 0.527. The van der Waals surface area contributed by atoms with Crippen LogP contribution in [0.1, 0.15) is 19.3 Å². The molecule has 1 unspecified atom stereocenters. The maximum atomic E-state index is 11.8. The molecule has 1 saturated heterocycles. The molecular formula is C10H16N2O. The van der Waals surface area contributed by atoms with Gasteiger partial charge in [-0.2, -0.15) is 0 Å². The Bertz CT molecular complexity index is 219. The summed E-state index contributed by atoms with van der Waals surface area (Å²) in [6.45, 7) is 2.70. The average molecular weight is 180 g/mol. The fraction of sp³-hybridized carbons (Fsp3) is 0.700. The van der Waals surface area contributed by atoms with Crippen LogP contribution >= 0.6 is 0 Å². The molecule has 2 aliphatic rings. The van der Waals surface area contributed by atoms with Crippen molar-refractivity contribution in [3.05, 3.63) is 12.2 Å². The molecule has 3 nitrogen and oxygen atoms in total. The summed E-state index contributed by atoms with van der Waals surface area (Å²) in [4.78, 5) is 13.8. The van der Waals surface area contributed by atoms with Crippen LogP contribution in [-0.2, 0) is 4.79 Å². The molecule has 2 aliphatic heterocycles. The molecule has 0 aromatic rings. The molecule has 2 heterocycles. The molecule has 0 aromatic carbocycles. The van der Waals surface area contributed by atoms with Crippen molar-refractivity contribution in [2.45, 2.75) is 25.3 Å². The first-order valence-corrected chi connectivity index (χ1v) is 5.05. The third kappa shape index (κ3) is 1.91. The second-order valence-electron chi connectivity index (χ2n) is 3.69. The summed E-state index contributed by atoms with van der Waals surface area (Å²) >= 11 is 0. The molecule has 1 atom stereocenters. The normalized spacial score (nSPS) is 28.0. The van der Waals surface area contributed by atoms with Gasteiger partial charge in [0.25, 0.3) is 0 Å². The number of nitrogens with one attached hydrogen (secondary N) is 1. The summed E-state index contributed by atoms with van der Waals surface area (Å²) in [6.07, 6.45) is 7.39. The van der Waals surface area contributed by atoms with Crippen molar-refractivity contribution in [3.63, 3.8) is 0 Å². The van der Waals surface area contributed by atoms with Crippen LogP contribution in [0.4, 0.5) is 0 Å². The SMILES string of the molecule is O=C(C1CCCN1)N1CC=CCC1. The van der Waals surface area contributed by atoms with Crippen LogP contribution in [-0.4, -0.2) is 36.5 Å². The molecule has 0 saturated carbocycles. The summed E-state index contributed by atoms with van der Waals surface area (Å²) in [7, 11) is 0. The zero-order valence-electron chi connectivity index (χ0n) is 7.83. The van der Waals surface area contributed by atoms with Gasteiger partial charge in [0, 0.05) is 13.1 Å². The van der Waals surface area contributed by atoms with Gasteiger partial charge < -0.3 is 10.2 Å². The molecule has 0 radical (unpaired) electrons. The predicted molar refractivity (Wildman–Crippen MR) is 51.4 cm³/mol. The van der Waals surface area contributed by atoms with Crippen LogP contribution < -0.4 is 5.32 Å². The van der Waals surface area contributed by atoms with Crippen molar-refractivity contribution in [2.24, 2.45) is 0 Å². The van der Waals surface area contributed by atoms with E-state index in [1.165, 1.54) is 0 Å². The van der Waals surface area contributed by atoms with Gasteiger partial charge in [-0.05, 0) is 25.8 Å². The highest BCUT2D eigenvalue weighted by molar-refractivity contribution is 5.82. The van der Waals surface area contributed by atoms with Gasteiger partial charge in [0.2, 0.25) is 5.91 Å². The summed E-state index contributed by atoms with van der Waals surface area (Å²) in [5, 5.41) is 3.24. The van der Waals surface area contributed by atoms with Crippen LogP contribution in [0.2, 0.25) is 0 Å². The maximum absolute atomic E-state index is 11.8. The third-order valence-electron chi connectivity index (χ3n) is 2.73. The Labute approximate surface area is 78.8 Å². The van der Waals surface area contributed by atoms with E-state index in [1.807, 2.05) is 4.90 Å². The highest BCUT2D eigenvalue weighted by atomic mass is 16.2. The van der Waals surface area contributed by atoms with Gasteiger partial charge >= 0.3 is 0 Å². The minimum atomic E-state index is 0.103. The van der Waals surface area contributed by atoms with Gasteiger partial charge in [-0.15, -0.1) is 0 Å².